The van der Waals surface area contributed by atoms with E-state index in [2.05, 4.69) is 0 Å². The summed E-state index contributed by atoms with van der Waals surface area (Å²) in [6, 6.07) is 9.29. The molecule has 1 fully saturated rings. The van der Waals surface area contributed by atoms with Crippen LogP contribution in [-0.4, -0.2) is 41.6 Å². The summed E-state index contributed by atoms with van der Waals surface area (Å²) in [5, 5.41) is 0. The topological polar surface area (TPSA) is 72.9 Å². The molecule has 0 saturated carbocycles. The van der Waals surface area contributed by atoms with Crippen LogP contribution in [0.15, 0.2) is 30.3 Å². The molecule has 0 spiro atoms. The summed E-state index contributed by atoms with van der Waals surface area (Å²) in [7, 11) is 0. The van der Waals surface area contributed by atoms with Crippen molar-refractivity contribution in [2.45, 2.75) is 46.3 Å². The molecule has 1 aliphatic heterocycles. The van der Waals surface area contributed by atoms with Gasteiger partial charge in [0, 0.05) is 6.92 Å². The second kappa shape index (κ2) is 8.14. The molecule has 0 aromatic heterocycles. The van der Waals surface area contributed by atoms with Crippen LogP contribution in [0, 0.1) is 11.8 Å². The van der Waals surface area contributed by atoms with Crippen molar-refractivity contribution < 1.29 is 23.9 Å². The largest absolute Gasteiger partial charge is 0.461 e. The number of ether oxygens (including phenoxy) is 2. The van der Waals surface area contributed by atoms with Gasteiger partial charge in [0.2, 0.25) is 5.91 Å². The number of amides is 2. The number of benzene rings is 1. The number of hydrogen-bond donors (Lipinski definition) is 0. The van der Waals surface area contributed by atoms with Gasteiger partial charge in [-0.2, -0.15) is 0 Å². The van der Waals surface area contributed by atoms with Crippen molar-refractivity contribution in [3.05, 3.63) is 35.9 Å². The summed E-state index contributed by atoms with van der Waals surface area (Å²) in [5.41, 5.74) is 1.02. The van der Waals surface area contributed by atoms with Crippen LogP contribution in [0.1, 0.15) is 33.3 Å². The van der Waals surface area contributed by atoms with Crippen LogP contribution in [0.4, 0.5) is 4.79 Å². The van der Waals surface area contributed by atoms with Crippen molar-refractivity contribution in [1.82, 2.24) is 4.90 Å². The summed E-state index contributed by atoms with van der Waals surface area (Å²) in [6.45, 7) is 6.92. The molecule has 0 aliphatic carbocycles. The molecule has 1 aromatic carbocycles. The lowest BCUT2D eigenvalue weighted by Crippen LogP contribution is -2.47. The quantitative estimate of drug-likeness (QED) is 0.740. The average molecular weight is 347 g/mol. The van der Waals surface area contributed by atoms with Gasteiger partial charge in [0.1, 0.15) is 12.7 Å². The molecule has 3 atom stereocenters. The third-order valence-corrected chi connectivity index (χ3v) is 4.35. The zero-order valence-corrected chi connectivity index (χ0v) is 15.1. The molecule has 2 rings (SSSR count). The zero-order valence-electron chi connectivity index (χ0n) is 15.1. The van der Waals surface area contributed by atoms with Gasteiger partial charge in [-0.25, -0.2) is 9.69 Å². The van der Waals surface area contributed by atoms with Crippen LogP contribution < -0.4 is 0 Å². The van der Waals surface area contributed by atoms with Crippen LogP contribution in [0.5, 0.6) is 0 Å². The summed E-state index contributed by atoms with van der Waals surface area (Å²) in [4.78, 5) is 37.5. The fraction of sp³-hybridized carbons (Fsp3) is 0.526. The number of imide groups is 1. The first-order valence-electron chi connectivity index (χ1n) is 8.52. The highest BCUT2D eigenvalue weighted by Crippen LogP contribution is 2.24. The minimum Gasteiger partial charge on any atom is -0.461 e. The van der Waals surface area contributed by atoms with Gasteiger partial charge in [-0.1, -0.05) is 44.2 Å². The number of carbonyl (C=O) groups excluding carboxylic acids is 3. The minimum atomic E-state index is -0.636. The zero-order chi connectivity index (χ0) is 18.6. The van der Waals surface area contributed by atoms with Gasteiger partial charge in [-0.05, 0) is 24.8 Å². The SMILES string of the molecule is CC(=O)OC(C(C)C)C(C)C(=O)N1C(=O)OCC1Cc1ccccc1. The van der Waals surface area contributed by atoms with E-state index >= 15 is 0 Å². The Kier molecular flexibility index (Phi) is 6.17. The predicted octanol–water partition coefficient (Wildman–Crippen LogP) is 2.80. The second-order valence-electron chi connectivity index (χ2n) is 6.74. The lowest BCUT2D eigenvalue weighted by molar-refractivity contribution is -0.156. The van der Waals surface area contributed by atoms with Gasteiger partial charge in [-0.15, -0.1) is 0 Å². The Labute approximate surface area is 148 Å². The van der Waals surface area contributed by atoms with E-state index in [9.17, 15) is 14.4 Å². The number of rotatable bonds is 6. The molecule has 1 saturated heterocycles. The highest BCUT2D eigenvalue weighted by molar-refractivity contribution is 5.95. The van der Waals surface area contributed by atoms with E-state index in [0.29, 0.717) is 6.42 Å². The fourth-order valence-electron chi connectivity index (χ4n) is 3.13. The number of cyclic esters (lactones) is 1. The molecule has 3 unspecified atom stereocenters. The van der Waals surface area contributed by atoms with Crippen LogP contribution in [0.3, 0.4) is 0 Å². The van der Waals surface area contributed by atoms with Crippen molar-refractivity contribution in [3.63, 3.8) is 0 Å². The number of hydrogen-bond acceptors (Lipinski definition) is 5. The first kappa shape index (κ1) is 19.0. The molecule has 1 aromatic rings. The molecule has 6 heteroatoms. The Balaban J connectivity index is 2.16. The third-order valence-electron chi connectivity index (χ3n) is 4.35. The molecular formula is C19H25NO5. The lowest BCUT2D eigenvalue weighted by Gasteiger charge is -2.29. The summed E-state index contributed by atoms with van der Waals surface area (Å²) in [6.07, 6.45) is -0.691. The number of esters is 1. The highest BCUT2D eigenvalue weighted by atomic mass is 16.6. The van der Waals surface area contributed by atoms with Crippen molar-refractivity contribution in [2.75, 3.05) is 6.61 Å². The maximum Gasteiger partial charge on any atom is 0.416 e. The normalized spacial score (nSPS) is 19.5. The fourth-order valence-corrected chi connectivity index (χ4v) is 3.13. The van der Waals surface area contributed by atoms with Gasteiger partial charge in [0.15, 0.2) is 0 Å². The molecular weight excluding hydrogens is 322 g/mol. The molecule has 1 heterocycles. The van der Waals surface area contributed by atoms with Crippen LogP contribution in [-0.2, 0) is 25.5 Å². The second-order valence-corrected chi connectivity index (χ2v) is 6.74. The van der Waals surface area contributed by atoms with Crippen molar-refractivity contribution in [3.8, 4) is 0 Å². The monoisotopic (exact) mass is 347 g/mol. The van der Waals surface area contributed by atoms with E-state index in [-0.39, 0.29) is 24.5 Å². The first-order valence-corrected chi connectivity index (χ1v) is 8.52. The molecule has 0 radical (unpaired) electrons. The van der Waals surface area contributed by atoms with Crippen molar-refractivity contribution in [1.29, 1.82) is 0 Å². The van der Waals surface area contributed by atoms with Crippen molar-refractivity contribution >= 4 is 18.0 Å². The third kappa shape index (κ3) is 4.59. The molecule has 0 bridgehead atoms. The Morgan fingerprint density at radius 1 is 1.24 bits per heavy atom. The van der Waals surface area contributed by atoms with E-state index < -0.39 is 24.1 Å². The lowest BCUT2D eigenvalue weighted by atomic mass is 9.92. The molecule has 136 valence electrons. The van der Waals surface area contributed by atoms with E-state index in [1.54, 1.807) is 6.92 Å². The Hall–Kier alpha value is -2.37. The van der Waals surface area contributed by atoms with E-state index in [0.717, 1.165) is 5.56 Å². The maximum atomic E-state index is 12.9. The number of carbonyl (C=O) groups is 3. The standard InChI is InChI=1S/C19H25NO5/c1-12(2)17(25-14(4)21)13(3)18(22)20-16(11-24-19(20)23)10-15-8-6-5-7-9-15/h5-9,12-13,16-17H,10-11H2,1-4H3. The average Bonchev–Trinajstić information content (AvgIpc) is 2.92. The Morgan fingerprint density at radius 3 is 2.44 bits per heavy atom. The molecule has 25 heavy (non-hydrogen) atoms. The summed E-state index contributed by atoms with van der Waals surface area (Å²) in [5.74, 6) is -1.49. The summed E-state index contributed by atoms with van der Waals surface area (Å²) < 4.78 is 10.4. The van der Waals surface area contributed by atoms with Crippen LogP contribution in [0.2, 0.25) is 0 Å². The van der Waals surface area contributed by atoms with E-state index in [1.165, 1.54) is 11.8 Å². The molecule has 0 N–H and O–H groups in total. The molecule has 6 nitrogen and oxygen atoms in total. The smallest absolute Gasteiger partial charge is 0.416 e. The predicted molar refractivity (Wildman–Crippen MR) is 91.7 cm³/mol. The van der Waals surface area contributed by atoms with E-state index in [4.69, 9.17) is 9.47 Å². The first-order chi connectivity index (χ1) is 11.8. The number of nitrogens with zero attached hydrogens (tertiary/aromatic N) is 1. The van der Waals surface area contributed by atoms with Gasteiger partial charge < -0.3 is 9.47 Å². The molecule has 1 aliphatic rings. The van der Waals surface area contributed by atoms with Gasteiger partial charge in [-0.3, -0.25) is 9.59 Å². The van der Waals surface area contributed by atoms with Gasteiger partial charge >= 0.3 is 12.1 Å². The van der Waals surface area contributed by atoms with Gasteiger partial charge in [0.05, 0.1) is 12.0 Å². The maximum absolute atomic E-state index is 12.9. The Bertz CT molecular complexity index is 628. The van der Waals surface area contributed by atoms with E-state index in [1.807, 2.05) is 44.2 Å². The van der Waals surface area contributed by atoms with Crippen LogP contribution in [0.25, 0.3) is 0 Å². The Morgan fingerprint density at radius 2 is 1.88 bits per heavy atom. The minimum absolute atomic E-state index is 0.0472. The van der Waals surface area contributed by atoms with Crippen LogP contribution >= 0.6 is 0 Å². The highest BCUT2D eigenvalue weighted by Gasteiger charge is 2.42. The molecule has 2 amide bonds. The van der Waals surface area contributed by atoms with Crippen molar-refractivity contribution in [2.24, 2.45) is 11.8 Å². The van der Waals surface area contributed by atoms with Gasteiger partial charge in [0.25, 0.3) is 0 Å². The summed E-state index contributed by atoms with van der Waals surface area (Å²) >= 11 is 0.